The molecule has 0 saturated carbocycles. The summed E-state index contributed by atoms with van der Waals surface area (Å²) in [6.45, 7) is 4.33. The van der Waals surface area contributed by atoms with Crippen LogP contribution in [0.4, 0.5) is 0 Å². The van der Waals surface area contributed by atoms with Gasteiger partial charge < -0.3 is 0 Å². The minimum absolute atomic E-state index is 0.209. The fraction of sp³-hybridized carbons (Fsp3) is 1.00. The summed E-state index contributed by atoms with van der Waals surface area (Å²) < 4.78 is 24.9. The van der Waals surface area contributed by atoms with E-state index in [0.717, 1.165) is 6.42 Å². The Kier molecular flexibility index (Phi) is 6.73. The molecule has 5 heteroatoms. The van der Waals surface area contributed by atoms with E-state index in [9.17, 15) is 8.42 Å². The van der Waals surface area contributed by atoms with Gasteiger partial charge in [-0.05, 0) is 18.8 Å². The van der Waals surface area contributed by atoms with Crippen molar-refractivity contribution < 1.29 is 8.42 Å². The zero-order valence-electron chi connectivity index (χ0n) is 8.22. The van der Waals surface area contributed by atoms with Gasteiger partial charge in [-0.15, -0.1) is 11.6 Å². The Balaban J connectivity index is 3.74. The van der Waals surface area contributed by atoms with Gasteiger partial charge in [-0.3, -0.25) is 0 Å². The highest BCUT2D eigenvalue weighted by Gasteiger charge is 2.09. The summed E-state index contributed by atoms with van der Waals surface area (Å²) in [5, 5.41) is 0. The molecule has 3 nitrogen and oxygen atoms in total. The lowest BCUT2D eigenvalue weighted by atomic mass is 10.1. The van der Waals surface area contributed by atoms with Crippen LogP contribution < -0.4 is 4.72 Å². The van der Waals surface area contributed by atoms with Crippen LogP contribution in [0.1, 0.15) is 26.7 Å². The van der Waals surface area contributed by atoms with E-state index >= 15 is 0 Å². The van der Waals surface area contributed by atoms with E-state index in [2.05, 4.69) is 4.72 Å². The standard InChI is InChI=1S/C8H18ClNO2S/c1-3-6-13(11,12)10-7-8(2)4-5-9/h8,10H,3-7H2,1-2H3. The van der Waals surface area contributed by atoms with Gasteiger partial charge in [0.05, 0.1) is 5.75 Å². The molecule has 0 aliphatic heterocycles. The Bertz CT molecular complexity index is 216. The summed E-state index contributed by atoms with van der Waals surface area (Å²) in [5.74, 6) is 1.10. The molecule has 0 radical (unpaired) electrons. The Morgan fingerprint density at radius 1 is 1.46 bits per heavy atom. The van der Waals surface area contributed by atoms with E-state index in [-0.39, 0.29) is 5.75 Å². The Morgan fingerprint density at radius 2 is 2.08 bits per heavy atom. The fourth-order valence-electron chi connectivity index (χ4n) is 0.898. The van der Waals surface area contributed by atoms with Crippen LogP contribution in [0.3, 0.4) is 0 Å². The lowest BCUT2D eigenvalue weighted by molar-refractivity contribution is 0.529. The van der Waals surface area contributed by atoms with E-state index in [1.807, 2.05) is 13.8 Å². The Morgan fingerprint density at radius 3 is 2.54 bits per heavy atom. The third-order valence-corrected chi connectivity index (χ3v) is 3.50. The highest BCUT2D eigenvalue weighted by atomic mass is 35.5. The predicted octanol–water partition coefficient (Wildman–Crippen LogP) is 1.58. The fourth-order valence-corrected chi connectivity index (χ4v) is 2.49. The lowest BCUT2D eigenvalue weighted by Crippen LogP contribution is -2.30. The quantitative estimate of drug-likeness (QED) is 0.672. The number of nitrogens with one attached hydrogen (secondary N) is 1. The number of hydrogen-bond acceptors (Lipinski definition) is 2. The maximum Gasteiger partial charge on any atom is 0.211 e. The summed E-state index contributed by atoms with van der Waals surface area (Å²) in [6.07, 6.45) is 1.50. The van der Waals surface area contributed by atoms with E-state index in [4.69, 9.17) is 11.6 Å². The first kappa shape index (κ1) is 13.2. The first-order valence-corrected chi connectivity index (χ1v) is 6.73. The molecule has 1 atom stereocenters. The average molecular weight is 228 g/mol. The molecule has 0 aliphatic carbocycles. The molecule has 1 N–H and O–H groups in total. The van der Waals surface area contributed by atoms with Crippen molar-refractivity contribution in [2.24, 2.45) is 5.92 Å². The van der Waals surface area contributed by atoms with E-state index in [1.165, 1.54) is 0 Å². The van der Waals surface area contributed by atoms with E-state index < -0.39 is 10.0 Å². The van der Waals surface area contributed by atoms with Gasteiger partial charge in [0.15, 0.2) is 0 Å². The van der Waals surface area contributed by atoms with Crippen LogP contribution in [0.25, 0.3) is 0 Å². The first-order chi connectivity index (χ1) is 6.02. The van der Waals surface area contributed by atoms with Crippen molar-refractivity contribution in [3.63, 3.8) is 0 Å². The van der Waals surface area contributed by atoms with Crippen molar-refractivity contribution in [2.75, 3.05) is 18.2 Å². The second-order valence-electron chi connectivity index (χ2n) is 3.25. The van der Waals surface area contributed by atoms with Crippen LogP contribution in [-0.2, 0) is 10.0 Å². The third-order valence-electron chi connectivity index (χ3n) is 1.73. The molecule has 0 heterocycles. The maximum absolute atomic E-state index is 11.2. The number of hydrogen-bond donors (Lipinski definition) is 1. The third kappa shape index (κ3) is 7.28. The predicted molar refractivity (Wildman–Crippen MR) is 56.6 cm³/mol. The number of alkyl halides is 1. The van der Waals surface area contributed by atoms with Crippen LogP contribution in [0.15, 0.2) is 0 Å². The molecule has 0 spiro atoms. The second kappa shape index (κ2) is 6.62. The number of rotatable bonds is 7. The molecule has 0 rings (SSSR count). The first-order valence-electron chi connectivity index (χ1n) is 4.55. The van der Waals surface area contributed by atoms with Gasteiger partial charge in [0.1, 0.15) is 0 Å². The largest absolute Gasteiger partial charge is 0.215 e. The van der Waals surface area contributed by atoms with Crippen LogP contribution in [-0.4, -0.2) is 26.6 Å². The normalized spacial score (nSPS) is 14.4. The smallest absolute Gasteiger partial charge is 0.211 e. The summed E-state index contributed by atoms with van der Waals surface area (Å²) in [6, 6.07) is 0. The molecule has 0 aromatic carbocycles. The molecule has 80 valence electrons. The van der Waals surface area contributed by atoms with Gasteiger partial charge in [-0.1, -0.05) is 13.8 Å². The summed E-state index contributed by atoms with van der Waals surface area (Å²) in [5.41, 5.74) is 0. The number of sulfonamides is 1. The second-order valence-corrected chi connectivity index (χ2v) is 5.55. The Hall–Kier alpha value is 0.200. The topological polar surface area (TPSA) is 46.2 Å². The van der Waals surface area contributed by atoms with Gasteiger partial charge in [0.2, 0.25) is 10.0 Å². The zero-order chi connectivity index (χ0) is 10.3. The molecule has 0 bridgehead atoms. The molecule has 0 aromatic heterocycles. The van der Waals surface area contributed by atoms with Crippen molar-refractivity contribution in [3.8, 4) is 0 Å². The van der Waals surface area contributed by atoms with E-state index in [0.29, 0.717) is 24.8 Å². The average Bonchev–Trinajstić information content (AvgIpc) is 2.02. The monoisotopic (exact) mass is 227 g/mol. The van der Waals surface area contributed by atoms with Gasteiger partial charge >= 0.3 is 0 Å². The molecule has 13 heavy (non-hydrogen) atoms. The van der Waals surface area contributed by atoms with Crippen LogP contribution in [0.5, 0.6) is 0 Å². The molecule has 1 unspecified atom stereocenters. The minimum Gasteiger partial charge on any atom is -0.215 e. The van der Waals surface area contributed by atoms with Gasteiger partial charge in [-0.25, -0.2) is 13.1 Å². The van der Waals surface area contributed by atoms with Crippen LogP contribution in [0, 0.1) is 5.92 Å². The molecule has 0 fully saturated rings. The SMILES string of the molecule is CCCS(=O)(=O)NCC(C)CCCl. The van der Waals surface area contributed by atoms with Gasteiger partial charge in [0, 0.05) is 12.4 Å². The van der Waals surface area contributed by atoms with Crippen LogP contribution in [0.2, 0.25) is 0 Å². The van der Waals surface area contributed by atoms with Crippen molar-refractivity contribution in [1.29, 1.82) is 0 Å². The van der Waals surface area contributed by atoms with Crippen molar-refractivity contribution in [3.05, 3.63) is 0 Å². The molecular formula is C8H18ClNO2S. The molecule has 0 amide bonds. The van der Waals surface area contributed by atoms with Gasteiger partial charge in [0.25, 0.3) is 0 Å². The van der Waals surface area contributed by atoms with Crippen molar-refractivity contribution in [1.82, 2.24) is 4.72 Å². The number of halogens is 1. The summed E-state index contributed by atoms with van der Waals surface area (Å²) in [4.78, 5) is 0. The summed E-state index contributed by atoms with van der Waals surface area (Å²) in [7, 11) is -3.04. The highest BCUT2D eigenvalue weighted by molar-refractivity contribution is 7.89. The molecular weight excluding hydrogens is 210 g/mol. The van der Waals surface area contributed by atoms with Crippen molar-refractivity contribution in [2.45, 2.75) is 26.7 Å². The molecule has 0 aliphatic rings. The Labute approximate surface area is 85.9 Å². The maximum atomic E-state index is 11.2. The van der Waals surface area contributed by atoms with Gasteiger partial charge in [-0.2, -0.15) is 0 Å². The van der Waals surface area contributed by atoms with Crippen LogP contribution >= 0.6 is 11.6 Å². The van der Waals surface area contributed by atoms with E-state index in [1.54, 1.807) is 0 Å². The summed E-state index contributed by atoms with van der Waals surface area (Å²) >= 11 is 5.53. The minimum atomic E-state index is -3.04. The lowest BCUT2D eigenvalue weighted by Gasteiger charge is -2.10. The molecule has 0 saturated heterocycles. The highest BCUT2D eigenvalue weighted by Crippen LogP contribution is 2.02. The van der Waals surface area contributed by atoms with Crippen molar-refractivity contribution >= 4 is 21.6 Å². The molecule has 0 aromatic rings. The zero-order valence-corrected chi connectivity index (χ0v) is 9.79.